The maximum absolute atomic E-state index is 9.13. The molecule has 1 saturated carbocycles. The molecule has 0 saturated heterocycles. The Bertz CT molecular complexity index is 613. The summed E-state index contributed by atoms with van der Waals surface area (Å²) < 4.78 is 1.23. The van der Waals surface area contributed by atoms with Gasteiger partial charge in [-0.1, -0.05) is 6.42 Å². The predicted octanol–water partition coefficient (Wildman–Crippen LogP) is 3.64. The summed E-state index contributed by atoms with van der Waals surface area (Å²) in [6, 6.07) is 7.26. The van der Waals surface area contributed by atoms with Gasteiger partial charge in [0.05, 0.1) is 22.2 Å². The van der Waals surface area contributed by atoms with E-state index in [2.05, 4.69) is 34.7 Å². The number of hydrogen-bond acceptors (Lipinski definition) is 4. The van der Waals surface area contributed by atoms with Crippen LogP contribution in [0.3, 0.4) is 0 Å². The fourth-order valence-corrected chi connectivity index (χ4v) is 3.62. The molecule has 2 aromatic rings. The van der Waals surface area contributed by atoms with E-state index in [9.17, 15) is 0 Å². The number of pyridine rings is 1. The molecule has 0 aliphatic heterocycles. The van der Waals surface area contributed by atoms with Crippen LogP contribution in [0.1, 0.15) is 37.8 Å². The SMILES string of the molecule is CC(NC1CCCC1C#N)c1cnc2ccsc2c1. The molecule has 1 N–H and O–H groups in total. The maximum atomic E-state index is 9.13. The minimum atomic E-state index is 0.167. The third-order valence-corrected chi connectivity index (χ3v) is 4.82. The van der Waals surface area contributed by atoms with Crippen LogP contribution in [0, 0.1) is 17.2 Å². The average Bonchev–Trinajstić information content (AvgIpc) is 3.05. The summed E-state index contributed by atoms with van der Waals surface area (Å²) >= 11 is 1.72. The molecule has 3 atom stereocenters. The summed E-state index contributed by atoms with van der Waals surface area (Å²) in [7, 11) is 0. The van der Waals surface area contributed by atoms with E-state index in [0.29, 0.717) is 6.04 Å². The molecule has 3 nitrogen and oxygen atoms in total. The lowest BCUT2D eigenvalue weighted by atomic mass is 10.0. The summed E-state index contributed by atoms with van der Waals surface area (Å²) in [5.74, 6) is 0.167. The summed E-state index contributed by atoms with van der Waals surface area (Å²) in [5.41, 5.74) is 2.27. The summed E-state index contributed by atoms with van der Waals surface area (Å²) in [4.78, 5) is 4.48. The summed E-state index contributed by atoms with van der Waals surface area (Å²) in [6.45, 7) is 2.16. The predicted molar refractivity (Wildman–Crippen MR) is 77.9 cm³/mol. The van der Waals surface area contributed by atoms with Gasteiger partial charge in [0, 0.05) is 18.3 Å². The van der Waals surface area contributed by atoms with E-state index in [1.165, 1.54) is 10.3 Å². The van der Waals surface area contributed by atoms with E-state index in [0.717, 1.165) is 24.8 Å². The highest BCUT2D eigenvalue weighted by Gasteiger charge is 2.28. The van der Waals surface area contributed by atoms with Gasteiger partial charge in [-0.25, -0.2) is 0 Å². The van der Waals surface area contributed by atoms with Gasteiger partial charge in [-0.3, -0.25) is 4.98 Å². The second-order valence-electron chi connectivity index (χ2n) is 5.23. The highest BCUT2D eigenvalue weighted by Crippen LogP contribution is 2.28. The molecule has 0 spiro atoms. The standard InChI is InChI=1S/C15H17N3S/c1-10(18-13-4-2-3-11(13)8-16)12-7-15-14(17-9-12)5-6-19-15/h5-7,9-11,13,18H,2-4H2,1H3. The molecule has 0 radical (unpaired) electrons. The number of hydrogen-bond donors (Lipinski definition) is 1. The molecular weight excluding hydrogens is 254 g/mol. The van der Waals surface area contributed by atoms with Crippen molar-refractivity contribution in [2.75, 3.05) is 0 Å². The van der Waals surface area contributed by atoms with Gasteiger partial charge in [0.2, 0.25) is 0 Å². The number of nitriles is 1. The van der Waals surface area contributed by atoms with E-state index >= 15 is 0 Å². The van der Waals surface area contributed by atoms with Gasteiger partial charge in [-0.2, -0.15) is 5.26 Å². The van der Waals surface area contributed by atoms with E-state index in [-0.39, 0.29) is 12.0 Å². The molecule has 1 aliphatic carbocycles. The fraction of sp³-hybridized carbons (Fsp3) is 0.467. The molecule has 1 aliphatic rings. The van der Waals surface area contributed by atoms with Crippen LogP contribution in [-0.4, -0.2) is 11.0 Å². The zero-order chi connectivity index (χ0) is 13.2. The summed E-state index contributed by atoms with van der Waals surface area (Å²) in [6.07, 6.45) is 5.24. The molecule has 19 heavy (non-hydrogen) atoms. The minimum absolute atomic E-state index is 0.167. The molecule has 3 unspecified atom stereocenters. The molecule has 0 bridgehead atoms. The normalized spacial score (nSPS) is 24.4. The number of rotatable bonds is 3. The lowest BCUT2D eigenvalue weighted by molar-refractivity contribution is 0.417. The van der Waals surface area contributed by atoms with E-state index in [4.69, 9.17) is 5.26 Å². The smallest absolute Gasteiger partial charge is 0.0809 e. The van der Waals surface area contributed by atoms with E-state index < -0.39 is 0 Å². The van der Waals surface area contributed by atoms with Gasteiger partial charge in [-0.05, 0) is 42.8 Å². The van der Waals surface area contributed by atoms with Gasteiger partial charge >= 0.3 is 0 Å². The first-order chi connectivity index (χ1) is 9.28. The van der Waals surface area contributed by atoms with Crippen molar-refractivity contribution in [3.63, 3.8) is 0 Å². The monoisotopic (exact) mass is 271 g/mol. The Kier molecular flexibility index (Phi) is 3.50. The van der Waals surface area contributed by atoms with Crippen molar-refractivity contribution in [3.05, 3.63) is 29.3 Å². The van der Waals surface area contributed by atoms with Crippen LogP contribution < -0.4 is 5.32 Å². The third kappa shape index (κ3) is 2.49. The molecule has 2 aromatic heterocycles. The van der Waals surface area contributed by atoms with E-state index in [1.54, 1.807) is 11.3 Å². The Balaban J connectivity index is 1.76. The zero-order valence-electron chi connectivity index (χ0n) is 11.0. The maximum Gasteiger partial charge on any atom is 0.0809 e. The molecular formula is C15H17N3S. The van der Waals surface area contributed by atoms with E-state index in [1.807, 2.05) is 12.3 Å². The van der Waals surface area contributed by atoms with Crippen LogP contribution in [0.4, 0.5) is 0 Å². The molecule has 0 aromatic carbocycles. The Morgan fingerprint density at radius 2 is 2.42 bits per heavy atom. The van der Waals surface area contributed by atoms with Crippen LogP contribution >= 0.6 is 11.3 Å². The number of thiophene rings is 1. The minimum Gasteiger partial charge on any atom is -0.306 e. The Morgan fingerprint density at radius 1 is 1.53 bits per heavy atom. The Labute approximate surface area is 117 Å². The summed E-state index contributed by atoms with van der Waals surface area (Å²) in [5, 5.41) is 14.8. The molecule has 0 amide bonds. The number of nitrogens with zero attached hydrogens (tertiary/aromatic N) is 2. The van der Waals surface area contributed by atoms with Gasteiger partial charge in [-0.15, -0.1) is 11.3 Å². The van der Waals surface area contributed by atoms with Crippen molar-refractivity contribution in [1.29, 1.82) is 5.26 Å². The lowest BCUT2D eigenvalue weighted by Gasteiger charge is -2.21. The Hall–Kier alpha value is -1.44. The van der Waals surface area contributed by atoms with Crippen LogP contribution in [-0.2, 0) is 0 Å². The van der Waals surface area contributed by atoms with Crippen molar-refractivity contribution in [1.82, 2.24) is 10.3 Å². The van der Waals surface area contributed by atoms with Gasteiger partial charge in [0.15, 0.2) is 0 Å². The highest BCUT2D eigenvalue weighted by molar-refractivity contribution is 7.17. The van der Waals surface area contributed by atoms with Crippen LogP contribution in [0.2, 0.25) is 0 Å². The number of nitrogens with one attached hydrogen (secondary N) is 1. The topological polar surface area (TPSA) is 48.7 Å². The van der Waals surface area contributed by atoms with Crippen molar-refractivity contribution < 1.29 is 0 Å². The van der Waals surface area contributed by atoms with Gasteiger partial charge < -0.3 is 5.32 Å². The van der Waals surface area contributed by atoms with Crippen molar-refractivity contribution in [3.8, 4) is 6.07 Å². The van der Waals surface area contributed by atoms with Crippen LogP contribution in [0.25, 0.3) is 10.2 Å². The zero-order valence-corrected chi connectivity index (χ0v) is 11.8. The van der Waals surface area contributed by atoms with Gasteiger partial charge in [0.25, 0.3) is 0 Å². The molecule has 98 valence electrons. The van der Waals surface area contributed by atoms with Gasteiger partial charge in [0.1, 0.15) is 0 Å². The first-order valence-electron chi connectivity index (χ1n) is 6.77. The first kappa shape index (κ1) is 12.6. The van der Waals surface area contributed by atoms with Crippen molar-refractivity contribution in [2.45, 2.75) is 38.3 Å². The quantitative estimate of drug-likeness (QED) is 0.927. The fourth-order valence-electron chi connectivity index (χ4n) is 2.83. The first-order valence-corrected chi connectivity index (χ1v) is 7.64. The second kappa shape index (κ2) is 5.28. The average molecular weight is 271 g/mol. The molecule has 1 fully saturated rings. The molecule has 4 heteroatoms. The number of fused-ring (bicyclic) bond motifs is 1. The highest BCUT2D eigenvalue weighted by atomic mass is 32.1. The van der Waals surface area contributed by atoms with Crippen LogP contribution in [0.15, 0.2) is 23.7 Å². The van der Waals surface area contributed by atoms with Crippen LogP contribution in [0.5, 0.6) is 0 Å². The molecule has 3 rings (SSSR count). The number of aromatic nitrogens is 1. The molecule has 2 heterocycles. The third-order valence-electron chi connectivity index (χ3n) is 3.97. The lowest BCUT2D eigenvalue weighted by Crippen LogP contribution is -2.33. The van der Waals surface area contributed by atoms with Crippen molar-refractivity contribution >= 4 is 21.6 Å². The Morgan fingerprint density at radius 3 is 3.26 bits per heavy atom. The second-order valence-corrected chi connectivity index (χ2v) is 6.18. The van der Waals surface area contributed by atoms with Crippen molar-refractivity contribution in [2.24, 2.45) is 5.92 Å². The largest absolute Gasteiger partial charge is 0.306 e.